The SMILES string of the molecule is COC(=O)c1cccc(S(=O)(=O)N2CCN(c3ccc(OC)cc3)CC2)c1. The molecule has 0 radical (unpaired) electrons. The summed E-state index contributed by atoms with van der Waals surface area (Å²) in [5.74, 6) is 0.224. The van der Waals surface area contributed by atoms with E-state index >= 15 is 0 Å². The second-order valence-electron chi connectivity index (χ2n) is 6.11. The molecule has 2 aromatic carbocycles. The summed E-state index contributed by atoms with van der Waals surface area (Å²) in [6.45, 7) is 1.91. The van der Waals surface area contributed by atoms with Crippen LogP contribution in [0.1, 0.15) is 10.4 Å². The molecule has 7 nitrogen and oxygen atoms in total. The molecule has 1 aliphatic rings. The van der Waals surface area contributed by atoms with Gasteiger partial charge in [0, 0.05) is 31.9 Å². The lowest BCUT2D eigenvalue weighted by Gasteiger charge is -2.35. The Hall–Kier alpha value is -2.58. The molecular formula is C19H22N2O5S. The highest BCUT2D eigenvalue weighted by Gasteiger charge is 2.29. The summed E-state index contributed by atoms with van der Waals surface area (Å²) in [6.07, 6.45) is 0. The number of carbonyl (C=O) groups is 1. The van der Waals surface area contributed by atoms with Crippen molar-refractivity contribution in [3.05, 3.63) is 54.1 Å². The molecule has 0 atom stereocenters. The highest BCUT2D eigenvalue weighted by molar-refractivity contribution is 7.89. The summed E-state index contributed by atoms with van der Waals surface area (Å²) in [7, 11) is -0.779. The summed E-state index contributed by atoms with van der Waals surface area (Å²) in [5, 5.41) is 0. The number of nitrogens with zero attached hydrogens (tertiary/aromatic N) is 2. The summed E-state index contributed by atoms with van der Waals surface area (Å²) in [6, 6.07) is 13.6. The molecule has 1 heterocycles. The van der Waals surface area contributed by atoms with Crippen LogP contribution in [0, 0.1) is 0 Å². The first-order valence-electron chi connectivity index (χ1n) is 8.53. The zero-order valence-corrected chi connectivity index (χ0v) is 16.1. The van der Waals surface area contributed by atoms with Gasteiger partial charge >= 0.3 is 5.97 Å². The van der Waals surface area contributed by atoms with Crippen molar-refractivity contribution in [2.45, 2.75) is 4.90 Å². The van der Waals surface area contributed by atoms with Gasteiger partial charge in [0.1, 0.15) is 5.75 Å². The Labute approximate surface area is 159 Å². The number of carbonyl (C=O) groups excluding carboxylic acids is 1. The fourth-order valence-electron chi connectivity index (χ4n) is 3.03. The van der Waals surface area contributed by atoms with Gasteiger partial charge in [-0.3, -0.25) is 0 Å². The van der Waals surface area contributed by atoms with Crippen LogP contribution in [0.3, 0.4) is 0 Å². The molecule has 1 aliphatic heterocycles. The van der Waals surface area contributed by atoms with Gasteiger partial charge in [0.25, 0.3) is 0 Å². The number of rotatable bonds is 5. The molecule has 2 aromatic rings. The van der Waals surface area contributed by atoms with Gasteiger partial charge in [-0.25, -0.2) is 13.2 Å². The third-order valence-electron chi connectivity index (χ3n) is 4.57. The molecule has 0 spiro atoms. The van der Waals surface area contributed by atoms with Gasteiger partial charge in [0.2, 0.25) is 10.0 Å². The first-order valence-corrected chi connectivity index (χ1v) is 9.97. The van der Waals surface area contributed by atoms with Gasteiger partial charge in [-0.15, -0.1) is 0 Å². The van der Waals surface area contributed by atoms with Crippen LogP contribution in [0.25, 0.3) is 0 Å². The Morgan fingerprint density at radius 2 is 1.63 bits per heavy atom. The van der Waals surface area contributed by atoms with Gasteiger partial charge in [0.05, 0.1) is 24.7 Å². The second kappa shape index (κ2) is 7.98. The van der Waals surface area contributed by atoms with Gasteiger partial charge in [0.15, 0.2) is 0 Å². The van der Waals surface area contributed by atoms with E-state index in [0.717, 1.165) is 11.4 Å². The van der Waals surface area contributed by atoms with E-state index in [4.69, 9.17) is 4.74 Å². The molecule has 0 amide bonds. The molecule has 144 valence electrons. The van der Waals surface area contributed by atoms with Crippen molar-refractivity contribution in [3.63, 3.8) is 0 Å². The van der Waals surface area contributed by atoms with E-state index in [0.29, 0.717) is 26.2 Å². The highest BCUT2D eigenvalue weighted by atomic mass is 32.2. The average molecular weight is 390 g/mol. The molecule has 8 heteroatoms. The van der Waals surface area contributed by atoms with E-state index < -0.39 is 16.0 Å². The quantitative estimate of drug-likeness (QED) is 0.727. The zero-order chi connectivity index (χ0) is 19.4. The predicted octanol–water partition coefficient (Wildman–Crippen LogP) is 1.99. The van der Waals surface area contributed by atoms with Crippen LogP contribution in [0.2, 0.25) is 0 Å². The van der Waals surface area contributed by atoms with Crippen LogP contribution in [0.15, 0.2) is 53.4 Å². The summed E-state index contributed by atoms with van der Waals surface area (Å²) in [5.41, 5.74) is 1.25. The topological polar surface area (TPSA) is 76.2 Å². The number of piperazine rings is 1. The zero-order valence-electron chi connectivity index (χ0n) is 15.3. The maximum Gasteiger partial charge on any atom is 0.337 e. The van der Waals surface area contributed by atoms with Crippen LogP contribution < -0.4 is 9.64 Å². The van der Waals surface area contributed by atoms with Crippen LogP contribution in [-0.4, -0.2) is 59.1 Å². The minimum atomic E-state index is -3.66. The Morgan fingerprint density at radius 3 is 2.22 bits per heavy atom. The number of sulfonamides is 1. The highest BCUT2D eigenvalue weighted by Crippen LogP contribution is 2.23. The molecule has 27 heavy (non-hydrogen) atoms. The summed E-state index contributed by atoms with van der Waals surface area (Å²) < 4.78 is 37.1. The van der Waals surface area contributed by atoms with Crippen molar-refractivity contribution in [1.29, 1.82) is 0 Å². The molecule has 0 saturated carbocycles. The first-order chi connectivity index (χ1) is 13.0. The number of ether oxygens (including phenoxy) is 2. The van der Waals surface area contributed by atoms with Gasteiger partial charge < -0.3 is 14.4 Å². The third-order valence-corrected chi connectivity index (χ3v) is 6.46. The van der Waals surface area contributed by atoms with Crippen molar-refractivity contribution in [1.82, 2.24) is 4.31 Å². The Bertz CT molecular complexity index is 904. The van der Waals surface area contributed by atoms with Gasteiger partial charge in [-0.2, -0.15) is 4.31 Å². The van der Waals surface area contributed by atoms with E-state index in [2.05, 4.69) is 9.64 Å². The number of anilines is 1. The molecule has 1 fully saturated rings. The minimum absolute atomic E-state index is 0.100. The maximum atomic E-state index is 12.9. The molecular weight excluding hydrogens is 368 g/mol. The van der Waals surface area contributed by atoms with E-state index in [1.807, 2.05) is 24.3 Å². The molecule has 0 aliphatic carbocycles. The number of hydrogen-bond donors (Lipinski definition) is 0. The average Bonchev–Trinajstić information content (AvgIpc) is 2.73. The predicted molar refractivity (Wildman–Crippen MR) is 102 cm³/mol. The van der Waals surface area contributed by atoms with Crippen LogP contribution in [0.5, 0.6) is 5.75 Å². The van der Waals surface area contributed by atoms with Crippen molar-refractivity contribution >= 4 is 21.7 Å². The van der Waals surface area contributed by atoms with E-state index in [1.54, 1.807) is 13.2 Å². The van der Waals surface area contributed by atoms with E-state index in [1.165, 1.54) is 29.6 Å². The van der Waals surface area contributed by atoms with Crippen LogP contribution >= 0.6 is 0 Å². The summed E-state index contributed by atoms with van der Waals surface area (Å²) >= 11 is 0. The smallest absolute Gasteiger partial charge is 0.337 e. The summed E-state index contributed by atoms with van der Waals surface area (Å²) in [4.78, 5) is 13.9. The van der Waals surface area contributed by atoms with Crippen molar-refractivity contribution < 1.29 is 22.7 Å². The van der Waals surface area contributed by atoms with E-state index in [9.17, 15) is 13.2 Å². The van der Waals surface area contributed by atoms with Crippen LogP contribution in [-0.2, 0) is 14.8 Å². The molecule has 0 unspecified atom stereocenters. The fourth-order valence-corrected chi connectivity index (χ4v) is 4.50. The lowest BCUT2D eigenvalue weighted by Crippen LogP contribution is -2.48. The number of hydrogen-bond acceptors (Lipinski definition) is 6. The van der Waals surface area contributed by atoms with Crippen molar-refractivity contribution in [2.24, 2.45) is 0 Å². The monoisotopic (exact) mass is 390 g/mol. The Balaban J connectivity index is 1.72. The number of benzene rings is 2. The van der Waals surface area contributed by atoms with Crippen molar-refractivity contribution in [2.75, 3.05) is 45.3 Å². The van der Waals surface area contributed by atoms with Gasteiger partial charge in [-0.05, 0) is 42.5 Å². The maximum absolute atomic E-state index is 12.9. The molecule has 3 rings (SSSR count). The van der Waals surface area contributed by atoms with Crippen LogP contribution in [0.4, 0.5) is 5.69 Å². The lowest BCUT2D eigenvalue weighted by atomic mass is 10.2. The molecule has 0 aromatic heterocycles. The Morgan fingerprint density at radius 1 is 0.963 bits per heavy atom. The van der Waals surface area contributed by atoms with Gasteiger partial charge in [-0.1, -0.05) is 6.07 Å². The molecule has 0 N–H and O–H groups in total. The number of methoxy groups -OCH3 is 2. The second-order valence-corrected chi connectivity index (χ2v) is 8.05. The third kappa shape index (κ3) is 4.06. The molecule has 0 bridgehead atoms. The minimum Gasteiger partial charge on any atom is -0.497 e. The molecule has 1 saturated heterocycles. The van der Waals surface area contributed by atoms with E-state index in [-0.39, 0.29) is 10.5 Å². The lowest BCUT2D eigenvalue weighted by molar-refractivity contribution is 0.0600. The fraction of sp³-hybridized carbons (Fsp3) is 0.316. The van der Waals surface area contributed by atoms with Crippen molar-refractivity contribution in [3.8, 4) is 5.75 Å². The largest absolute Gasteiger partial charge is 0.497 e. The normalized spacial score (nSPS) is 15.4. The number of esters is 1. The standard InChI is InChI=1S/C19H22N2O5S/c1-25-17-8-6-16(7-9-17)20-10-12-21(13-11-20)27(23,24)18-5-3-4-15(14-18)19(22)26-2/h3-9,14H,10-13H2,1-2H3. The first kappa shape index (κ1) is 19.2. The Kier molecular flexibility index (Phi) is 5.67.